The van der Waals surface area contributed by atoms with Gasteiger partial charge in [-0.05, 0) is 18.2 Å². The normalized spacial score (nSPS) is 10.6. The van der Waals surface area contributed by atoms with Gasteiger partial charge in [-0.3, -0.25) is 9.78 Å². The average Bonchev–Trinajstić information content (AvgIpc) is 2.55. The number of rotatable bonds is 12. The van der Waals surface area contributed by atoms with Gasteiger partial charge in [0.15, 0.2) is 0 Å². The highest BCUT2D eigenvalue weighted by Gasteiger charge is 1.99. The Labute approximate surface area is 132 Å². The van der Waals surface area contributed by atoms with Crippen molar-refractivity contribution in [2.75, 3.05) is 32.8 Å². The lowest BCUT2D eigenvalue weighted by atomic mass is 10.2. The molecule has 0 saturated heterocycles. The van der Waals surface area contributed by atoms with Crippen LogP contribution in [-0.2, 0) is 27.5 Å². The summed E-state index contributed by atoms with van der Waals surface area (Å²) in [7, 11) is 0. The van der Waals surface area contributed by atoms with Gasteiger partial charge in [-0.15, -0.1) is 0 Å². The van der Waals surface area contributed by atoms with E-state index >= 15 is 0 Å². The Morgan fingerprint density at radius 1 is 1.14 bits per heavy atom. The fourth-order valence-electron chi connectivity index (χ4n) is 1.70. The molecule has 1 rings (SSSR count). The number of amides is 1. The maximum Gasteiger partial charge on any atom is 0.219 e. The van der Waals surface area contributed by atoms with Crippen molar-refractivity contribution in [1.29, 1.82) is 0 Å². The van der Waals surface area contributed by atoms with Crippen molar-refractivity contribution in [1.82, 2.24) is 15.6 Å². The number of aromatic nitrogens is 1. The Morgan fingerprint density at radius 3 is 2.59 bits per heavy atom. The molecule has 0 atom stereocenters. The van der Waals surface area contributed by atoms with Gasteiger partial charge in [0.25, 0.3) is 0 Å². The van der Waals surface area contributed by atoms with Gasteiger partial charge in [-0.25, -0.2) is 0 Å². The van der Waals surface area contributed by atoms with E-state index in [1.54, 1.807) is 0 Å². The van der Waals surface area contributed by atoms with Crippen LogP contribution in [0.25, 0.3) is 0 Å². The molecule has 22 heavy (non-hydrogen) atoms. The summed E-state index contributed by atoms with van der Waals surface area (Å²) in [6, 6.07) is 3.94. The van der Waals surface area contributed by atoms with E-state index in [4.69, 9.17) is 9.47 Å². The van der Waals surface area contributed by atoms with Crippen molar-refractivity contribution in [2.45, 2.75) is 33.5 Å². The molecule has 0 radical (unpaired) electrons. The van der Waals surface area contributed by atoms with E-state index < -0.39 is 0 Å². The topological polar surface area (TPSA) is 72.5 Å². The van der Waals surface area contributed by atoms with Gasteiger partial charge in [-0.2, -0.15) is 0 Å². The number of likely N-dealkylation sites (N-methyl/N-ethyl adjacent to an activating group) is 1. The maximum atomic E-state index is 11.0. The Bertz CT molecular complexity index is 410. The molecule has 1 aromatic rings. The standard InChI is InChI=1S/C16H27N3O3/c1-3-16(20)18-8-10-22-13-15-6-5-14(11-19-15)12-21-9-7-17-4-2/h5-6,11,17H,3-4,7-10,12-13H2,1-2H3,(H,18,20). The zero-order chi connectivity index (χ0) is 16.0. The van der Waals surface area contributed by atoms with E-state index in [0.717, 1.165) is 24.3 Å². The Balaban J connectivity index is 2.12. The summed E-state index contributed by atoms with van der Waals surface area (Å²) in [4.78, 5) is 15.4. The van der Waals surface area contributed by atoms with E-state index in [1.807, 2.05) is 25.3 Å². The minimum atomic E-state index is 0.0419. The van der Waals surface area contributed by atoms with Crippen LogP contribution in [0.5, 0.6) is 0 Å². The highest BCUT2D eigenvalue weighted by atomic mass is 16.5. The third-order valence-electron chi connectivity index (χ3n) is 2.97. The molecule has 6 heteroatoms. The smallest absolute Gasteiger partial charge is 0.219 e. The number of pyridine rings is 1. The van der Waals surface area contributed by atoms with Gasteiger partial charge in [-0.1, -0.05) is 19.9 Å². The lowest BCUT2D eigenvalue weighted by Gasteiger charge is -2.07. The highest BCUT2D eigenvalue weighted by Crippen LogP contribution is 2.03. The molecular weight excluding hydrogens is 282 g/mol. The van der Waals surface area contributed by atoms with E-state index in [2.05, 4.69) is 22.5 Å². The van der Waals surface area contributed by atoms with Gasteiger partial charge < -0.3 is 20.1 Å². The second-order valence-corrected chi connectivity index (χ2v) is 4.82. The van der Waals surface area contributed by atoms with E-state index in [1.165, 1.54) is 0 Å². The summed E-state index contributed by atoms with van der Waals surface area (Å²) in [5.74, 6) is 0.0419. The number of nitrogens with one attached hydrogen (secondary N) is 2. The van der Waals surface area contributed by atoms with Crippen molar-refractivity contribution < 1.29 is 14.3 Å². The number of hydrogen-bond donors (Lipinski definition) is 2. The van der Waals surface area contributed by atoms with Crippen molar-refractivity contribution in [3.8, 4) is 0 Å². The lowest BCUT2D eigenvalue weighted by Crippen LogP contribution is -2.26. The summed E-state index contributed by atoms with van der Waals surface area (Å²) in [5, 5.41) is 5.96. The third-order valence-corrected chi connectivity index (χ3v) is 2.97. The zero-order valence-corrected chi connectivity index (χ0v) is 13.6. The summed E-state index contributed by atoms with van der Waals surface area (Å²) in [5.41, 5.74) is 1.92. The second kappa shape index (κ2) is 12.1. The molecule has 124 valence electrons. The number of ether oxygens (including phenoxy) is 2. The Morgan fingerprint density at radius 2 is 1.91 bits per heavy atom. The molecule has 0 aliphatic carbocycles. The van der Waals surface area contributed by atoms with Crippen LogP contribution >= 0.6 is 0 Å². The first-order valence-corrected chi connectivity index (χ1v) is 7.83. The number of carbonyl (C=O) groups excluding carboxylic acids is 1. The SMILES string of the molecule is CCNCCOCc1ccc(COCCNC(=O)CC)nc1. The summed E-state index contributed by atoms with van der Waals surface area (Å²) >= 11 is 0. The van der Waals surface area contributed by atoms with Gasteiger partial charge in [0.1, 0.15) is 0 Å². The van der Waals surface area contributed by atoms with Crippen LogP contribution in [0.15, 0.2) is 18.3 Å². The van der Waals surface area contributed by atoms with Crippen LogP contribution in [0.1, 0.15) is 31.5 Å². The maximum absolute atomic E-state index is 11.0. The minimum absolute atomic E-state index is 0.0419. The molecule has 0 aromatic carbocycles. The number of carbonyl (C=O) groups is 1. The molecule has 1 aromatic heterocycles. The molecule has 0 aliphatic heterocycles. The zero-order valence-electron chi connectivity index (χ0n) is 13.6. The van der Waals surface area contributed by atoms with Gasteiger partial charge >= 0.3 is 0 Å². The van der Waals surface area contributed by atoms with Crippen molar-refractivity contribution in [3.05, 3.63) is 29.6 Å². The van der Waals surface area contributed by atoms with Crippen molar-refractivity contribution >= 4 is 5.91 Å². The van der Waals surface area contributed by atoms with Crippen LogP contribution < -0.4 is 10.6 Å². The quantitative estimate of drug-likeness (QED) is 0.569. The van der Waals surface area contributed by atoms with Gasteiger partial charge in [0.2, 0.25) is 5.91 Å². The molecule has 6 nitrogen and oxygen atoms in total. The van der Waals surface area contributed by atoms with Crippen LogP contribution in [-0.4, -0.2) is 43.7 Å². The molecule has 0 bridgehead atoms. The van der Waals surface area contributed by atoms with Crippen LogP contribution in [0.4, 0.5) is 0 Å². The highest BCUT2D eigenvalue weighted by molar-refractivity contribution is 5.75. The molecule has 0 spiro atoms. The van der Waals surface area contributed by atoms with Crippen LogP contribution in [0.2, 0.25) is 0 Å². The molecule has 0 fully saturated rings. The van der Waals surface area contributed by atoms with Crippen LogP contribution in [0.3, 0.4) is 0 Å². The average molecular weight is 309 g/mol. The molecule has 1 amide bonds. The molecule has 2 N–H and O–H groups in total. The number of nitrogens with zero attached hydrogens (tertiary/aromatic N) is 1. The number of hydrogen-bond acceptors (Lipinski definition) is 5. The molecule has 0 saturated carbocycles. The monoisotopic (exact) mass is 309 g/mol. The van der Waals surface area contributed by atoms with E-state index in [-0.39, 0.29) is 5.91 Å². The predicted octanol–water partition coefficient (Wildman–Crippen LogP) is 1.25. The predicted molar refractivity (Wildman–Crippen MR) is 85.4 cm³/mol. The lowest BCUT2D eigenvalue weighted by molar-refractivity contribution is -0.121. The third kappa shape index (κ3) is 8.71. The fourth-order valence-corrected chi connectivity index (χ4v) is 1.70. The first kappa shape index (κ1) is 18.5. The van der Waals surface area contributed by atoms with Gasteiger partial charge in [0.05, 0.1) is 32.1 Å². The van der Waals surface area contributed by atoms with E-state index in [9.17, 15) is 4.79 Å². The van der Waals surface area contributed by atoms with Crippen molar-refractivity contribution in [3.63, 3.8) is 0 Å². The van der Waals surface area contributed by atoms with Gasteiger partial charge in [0, 0.05) is 25.7 Å². The van der Waals surface area contributed by atoms with Crippen molar-refractivity contribution in [2.24, 2.45) is 0 Å². The first-order chi connectivity index (χ1) is 10.8. The molecule has 1 heterocycles. The summed E-state index contributed by atoms with van der Waals surface area (Å²) < 4.78 is 11.0. The first-order valence-electron chi connectivity index (χ1n) is 7.83. The Hall–Kier alpha value is -1.50. The van der Waals surface area contributed by atoms with Crippen LogP contribution in [0, 0.1) is 0 Å². The molecular formula is C16H27N3O3. The van der Waals surface area contributed by atoms with E-state index in [0.29, 0.717) is 39.4 Å². The largest absolute Gasteiger partial charge is 0.375 e. The second-order valence-electron chi connectivity index (χ2n) is 4.82. The summed E-state index contributed by atoms with van der Waals surface area (Å²) in [6.07, 6.45) is 2.31. The minimum Gasteiger partial charge on any atom is -0.375 e. The summed E-state index contributed by atoms with van der Waals surface area (Å²) in [6.45, 7) is 8.46. The Kier molecular flexibility index (Phi) is 10.2. The fraction of sp³-hybridized carbons (Fsp3) is 0.625. The molecule has 0 unspecified atom stereocenters. The molecule has 0 aliphatic rings.